The van der Waals surface area contributed by atoms with E-state index in [9.17, 15) is 4.79 Å². The Morgan fingerprint density at radius 1 is 0.931 bits per heavy atom. The summed E-state index contributed by atoms with van der Waals surface area (Å²) >= 11 is 0. The van der Waals surface area contributed by atoms with Gasteiger partial charge < -0.3 is 4.84 Å². The Hall–Kier alpha value is -2.81. The van der Waals surface area contributed by atoms with Crippen molar-refractivity contribution in [1.29, 1.82) is 0 Å². The van der Waals surface area contributed by atoms with Crippen LogP contribution in [0, 0.1) is 6.92 Å². The van der Waals surface area contributed by atoms with E-state index >= 15 is 0 Å². The van der Waals surface area contributed by atoms with Gasteiger partial charge >= 0.3 is 0 Å². The largest absolute Gasteiger partial charge is 0.409 e. The monoisotopic (exact) mass is 389 g/mol. The van der Waals surface area contributed by atoms with E-state index in [0.29, 0.717) is 18.4 Å². The van der Waals surface area contributed by atoms with Crippen LogP contribution in [0.25, 0.3) is 10.9 Å². The number of allylic oxidation sites excluding steroid dienone is 2. The summed E-state index contributed by atoms with van der Waals surface area (Å²) in [7, 11) is 0. The molecule has 0 bridgehead atoms. The fourth-order valence-corrected chi connectivity index (χ4v) is 3.57. The Balaban J connectivity index is 1.87. The van der Waals surface area contributed by atoms with Crippen molar-refractivity contribution in [2.24, 2.45) is 0 Å². The number of hydrogen-bond donors (Lipinski definition) is 0. The average Bonchev–Trinajstić information content (AvgIpc) is 2.76. The van der Waals surface area contributed by atoms with E-state index in [1.165, 1.54) is 25.7 Å². The van der Waals surface area contributed by atoms with Gasteiger partial charge in [-0.15, -0.1) is 0 Å². The van der Waals surface area contributed by atoms with Gasteiger partial charge in [0.2, 0.25) is 0 Å². The molecule has 0 spiro atoms. The Bertz CT molecular complexity index is 1000. The number of unbranched alkanes of at least 4 members (excludes halogenated alkanes) is 4. The molecule has 3 rings (SSSR count). The highest BCUT2D eigenvalue weighted by Crippen LogP contribution is 2.17. The van der Waals surface area contributed by atoms with Crippen LogP contribution in [0.4, 0.5) is 0 Å². The van der Waals surface area contributed by atoms with Crippen molar-refractivity contribution in [2.75, 3.05) is 0 Å². The first kappa shape index (κ1) is 20.9. The van der Waals surface area contributed by atoms with Gasteiger partial charge in [0.05, 0.1) is 11.2 Å². The lowest BCUT2D eigenvalue weighted by atomic mass is 10.1. The van der Waals surface area contributed by atoms with Crippen LogP contribution in [0.5, 0.6) is 0 Å². The molecule has 0 N–H and O–H groups in total. The highest BCUT2D eigenvalue weighted by Gasteiger charge is 2.14. The minimum absolute atomic E-state index is 0.0894. The average molecular weight is 390 g/mol. The molecule has 2 aromatic carbocycles. The van der Waals surface area contributed by atoms with E-state index in [0.717, 1.165) is 28.8 Å². The van der Waals surface area contributed by atoms with Gasteiger partial charge in [0.15, 0.2) is 5.43 Å². The van der Waals surface area contributed by atoms with Crippen LogP contribution < -0.4 is 10.3 Å². The summed E-state index contributed by atoms with van der Waals surface area (Å²) in [4.78, 5) is 19.1. The predicted molar refractivity (Wildman–Crippen MR) is 121 cm³/mol. The lowest BCUT2D eigenvalue weighted by Gasteiger charge is -2.19. The third-order valence-electron chi connectivity index (χ3n) is 5.29. The molecular formula is C26H31NO2. The molecule has 0 radical (unpaired) electrons. The third-order valence-corrected chi connectivity index (χ3v) is 5.29. The smallest absolute Gasteiger partial charge is 0.192 e. The highest BCUT2D eigenvalue weighted by atomic mass is 16.7. The third kappa shape index (κ3) is 5.38. The van der Waals surface area contributed by atoms with Crippen molar-refractivity contribution < 1.29 is 4.84 Å². The second-order valence-corrected chi connectivity index (χ2v) is 7.50. The Morgan fingerprint density at radius 2 is 1.69 bits per heavy atom. The van der Waals surface area contributed by atoms with Crippen LogP contribution in [0.3, 0.4) is 0 Å². The SMILES string of the molecule is CCCCCC/C=C/Cc1c(C)c(=O)c2ccccc2n1OCc1ccccc1. The maximum absolute atomic E-state index is 12.9. The maximum Gasteiger partial charge on any atom is 0.192 e. The van der Waals surface area contributed by atoms with Crippen LogP contribution in [0.2, 0.25) is 0 Å². The number of nitrogens with zero attached hydrogens (tertiary/aromatic N) is 1. The summed E-state index contributed by atoms with van der Waals surface area (Å²) in [5.74, 6) is 0. The first-order valence-electron chi connectivity index (χ1n) is 10.7. The lowest BCUT2D eigenvalue weighted by molar-refractivity contribution is 0.0999. The molecule has 3 heteroatoms. The van der Waals surface area contributed by atoms with E-state index < -0.39 is 0 Å². The second-order valence-electron chi connectivity index (χ2n) is 7.50. The van der Waals surface area contributed by atoms with E-state index in [1.54, 1.807) is 0 Å². The molecule has 0 atom stereocenters. The van der Waals surface area contributed by atoms with E-state index in [-0.39, 0.29) is 5.43 Å². The van der Waals surface area contributed by atoms with Gasteiger partial charge in [0.1, 0.15) is 6.61 Å². The molecule has 3 nitrogen and oxygen atoms in total. The van der Waals surface area contributed by atoms with Crippen LogP contribution in [0.15, 0.2) is 71.5 Å². The van der Waals surface area contributed by atoms with E-state index in [1.807, 2.05) is 66.3 Å². The minimum atomic E-state index is 0.0894. The normalized spacial score (nSPS) is 11.4. The van der Waals surface area contributed by atoms with Gasteiger partial charge in [-0.2, -0.15) is 4.73 Å². The second kappa shape index (κ2) is 10.7. The molecule has 0 saturated heterocycles. The first-order chi connectivity index (χ1) is 14.2. The fourth-order valence-electron chi connectivity index (χ4n) is 3.57. The quantitative estimate of drug-likeness (QED) is 0.314. The molecule has 1 aromatic heterocycles. The minimum Gasteiger partial charge on any atom is -0.409 e. The zero-order valence-corrected chi connectivity index (χ0v) is 17.6. The van der Waals surface area contributed by atoms with Crippen LogP contribution >= 0.6 is 0 Å². The molecule has 0 amide bonds. The fraction of sp³-hybridized carbons (Fsp3) is 0.346. The summed E-state index contributed by atoms with van der Waals surface area (Å²) < 4.78 is 1.86. The van der Waals surface area contributed by atoms with Crippen molar-refractivity contribution in [3.63, 3.8) is 0 Å². The van der Waals surface area contributed by atoms with Gasteiger partial charge in [-0.25, -0.2) is 0 Å². The number of rotatable bonds is 10. The molecule has 0 unspecified atom stereocenters. The molecule has 1 heterocycles. The van der Waals surface area contributed by atoms with Crippen molar-refractivity contribution in [1.82, 2.24) is 4.73 Å². The number of hydrogen-bond acceptors (Lipinski definition) is 2. The molecule has 29 heavy (non-hydrogen) atoms. The Kier molecular flexibility index (Phi) is 7.69. The van der Waals surface area contributed by atoms with Gasteiger partial charge in [0.25, 0.3) is 0 Å². The Labute approximate surface area is 173 Å². The summed E-state index contributed by atoms with van der Waals surface area (Å²) in [5, 5.41) is 0.699. The van der Waals surface area contributed by atoms with Crippen molar-refractivity contribution in [3.8, 4) is 0 Å². The number of para-hydroxylation sites is 1. The van der Waals surface area contributed by atoms with Gasteiger partial charge in [-0.3, -0.25) is 4.79 Å². The molecule has 152 valence electrons. The lowest BCUT2D eigenvalue weighted by Crippen LogP contribution is -2.23. The summed E-state index contributed by atoms with van der Waals surface area (Å²) in [5.41, 5.74) is 3.70. The predicted octanol–water partition coefficient (Wildman–Crippen LogP) is 6.01. The topological polar surface area (TPSA) is 31.2 Å². The molecule has 0 aliphatic heterocycles. The molecule has 0 fully saturated rings. The maximum atomic E-state index is 12.9. The first-order valence-corrected chi connectivity index (χ1v) is 10.7. The van der Waals surface area contributed by atoms with Gasteiger partial charge in [0, 0.05) is 17.4 Å². The van der Waals surface area contributed by atoms with Crippen LogP contribution in [0.1, 0.15) is 55.8 Å². The molecular weight excluding hydrogens is 358 g/mol. The molecule has 0 aliphatic carbocycles. The molecule has 3 aromatic rings. The summed E-state index contributed by atoms with van der Waals surface area (Å²) in [6.45, 7) is 4.59. The number of benzene rings is 2. The van der Waals surface area contributed by atoms with E-state index in [4.69, 9.17) is 4.84 Å². The summed E-state index contributed by atoms with van der Waals surface area (Å²) in [6.07, 6.45) is 11.2. The van der Waals surface area contributed by atoms with Gasteiger partial charge in [-0.05, 0) is 37.5 Å². The molecule has 0 saturated carbocycles. The number of aromatic nitrogens is 1. The highest BCUT2D eigenvalue weighted by molar-refractivity contribution is 5.79. The standard InChI is InChI=1S/C26H31NO2/c1-3-4-5-6-7-8-12-18-24-21(2)26(28)23-17-13-14-19-25(23)27(24)29-20-22-15-10-9-11-16-22/h8-17,19H,3-7,18,20H2,1-2H3/b12-8+. The van der Waals surface area contributed by atoms with Crippen molar-refractivity contribution >= 4 is 10.9 Å². The van der Waals surface area contributed by atoms with E-state index in [2.05, 4.69) is 19.1 Å². The van der Waals surface area contributed by atoms with Crippen molar-refractivity contribution in [2.45, 2.75) is 59.0 Å². The van der Waals surface area contributed by atoms with Crippen LogP contribution in [-0.2, 0) is 13.0 Å². The van der Waals surface area contributed by atoms with Gasteiger partial charge in [-0.1, -0.05) is 80.8 Å². The number of pyridine rings is 1. The Morgan fingerprint density at radius 3 is 2.48 bits per heavy atom. The van der Waals surface area contributed by atoms with Crippen LogP contribution in [-0.4, -0.2) is 4.73 Å². The molecule has 0 aliphatic rings. The summed E-state index contributed by atoms with van der Waals surface area (Å²) in [6, 6.07) is 17.8. The zero-order valence-electron chi connectivity index (χ0n) is 17.6. The van der Waals surface area contributed by atoms with Crippen molar-refractivity contribution in [3.05, 3.63) is 93.8 Å². The zero-order chi connectivity index (χ0) is 20.5. The number of fused-ring (bicyclic) bond motifs is 1.